The normalized spacial score (nSPS) is 39.3. The molecule has 0 radical (unpaired) electrons. The number of hydrogen-bond acceptors (Lipinski definition) is 1. The lowest BCUT2D eigenvalue weighted by molar-refractivity contribution is 0.355. The highest BCUT2D eigenvalue weighted by molar-refractivity contribution is 5.28. The molecule has 1 heteroatoms. The van der Waals surface area contributed by atoms with Crippen LogP contribution in [0.5, 0.6) is 0 Å². The van der Waals surface area contributed by atoms with Gasteiger partial charge in [-0.3, -0.25) is 0 Å². The highest BCUT2D eigenvalue weighted by Crippen LogP contribution is 2.55. The Morgan fingerprint density at radius 2 is 2.07 bits per heavy atom. The Hall–Kier alpha value is -0.820. The van der Waals surface area contributed by atoms with Crippen LogP contribution in [0.2, 0.25) is 0 Å². The van der Waals surface area contributed by atoms with Crippen LogP contribution in [0.25, 0.3) is 0 Å². The monoisotopic (exact) mass is 201 g/mol. The predicted octanol–water partition coefficient (Wildman–Crippen LogP) is 2.93. The first-order valence-corrected chi connectivity index (χ1v) is 6.09. The van der Waals surface area contributed by atoms with Crippen molar-refractivity contribution < 1.29 is 0 Å². The van der Waals surface area contributed by atoms with Gasteiger partial charge in [-0.2, -0.15) is 0 Å². The summed E-state index contributed by atoms with van der Waals surface area (Å²) in [4.78, 5) is 0. The lowest BCUT2D eigenvalue weighted by atomic mass is 9.91. The van der Waals surface area contributed by atoms with Crippen molar-refractivity contribution in [2.75, 3.05) is 6.54 Å². The molecule has 3 unspecified atom stereocenters. The van der Waals surface area contributed by atoms with Crippen molar-refractivity contribution in [1.29, 1.82) is 0 Å². The van der Waals surface area contributed by atoms with E-state index in [1.165, 1.54) is 31.4 Å². The second-order valence-corrected chi connectivity index (χ2v) is 5.31. The average Bonchev–Trinajstić information content (AvgIpc) is 2.98. The molecule has 0 amide bonds. The predicted molar refractivity (Wildman–Crippen MR) is 62.9 cm³/mol. The fraction of sp³-hybridized carbons (Fsp3) is 0.571. The molecule has 2 fully saturated rings. The minimum absolute atomic E-state index is 0.431. The third-order valence-electron chi connectivity index (χ3n) is 4.24. The van der Waals surface area contributed by atoms with Crippen LogP contribution < -0.4 is 5.32 Å². The molecule has 2 aliphatic rings. The second kappa shape index (κ2) is 3.34. The maximum atomic E-state index is 3.69. The minimum atomic E-state index is 0.431. The molecule has 1 aromatic rings. The molecule has 1 aliphatic carbocycles. The molecule has 1 nitrogen and oxygen atoms in total. The molecule has 0 bridgehead atoms. The molecule has 3 rings (SSSR count). The van der Waals surface area contributed by atoms with Crippen molar-refractivity contribution in [2.45, 2.75) is 37.6 Å². The van der Waals surface area contributed by atoms with Gasteiger partial charge < -0.3 is 5.32 Å². The lowest BCUT2D eigenvalue weighted by Crippen LogP contribution is -2.38. The van der Waals surface area contributed by atoms with Crippen LogP contribution in [0.15, 0.2) is 30.3 Å². The molecule has 1 saturated carbocycles. The van der Waals surface area contributed by atoms with Gasteiger partial charge in [0.05, 0.1) is 0 Å². The third-order valence-corrected chi connectivity index (χ3v) is 4.24. The Bertz CT molecular complexity index is 338. The summed E-state index contributed by atoms with van der Waals surface area (Å²) in [5.41, 5.74) is 1.97. The van der Waals surface area contributed by atoms with Crippen LogP contribution in [0.4, 0.5) is 0 Å². The van der Waals surface area contributed by atoms with Gasteiger partial charge in [-0.1, -0.05) is 30.3 Å². The van der Waals surface area contributed by atoms with E-state index in [4.69, 9.17) is 0 Å². The van der Waals surface area contributed by atoms with Gasteiger partial charge >= 0.3 is 0 Å². The van der Waals surface area contributed by atoms with Gasteiger partial charge in [0.25, 0.3) is 0 Å². The average molecular weight is 201 g/mol. The van der Waals surface area contributed by atoms with E-state index in [0.717, 1.165) is 11.8 Å². The van der Waals surface area contributed by atoms with Gasteiger partial charge in [0.2, 0.25) is 0 Å². The van der Waals surface area contributed by atoms with E-state index in [2.05, 4.69) is 42.6 Å². The summed E-state index contributed by atoms with van der Waals surface area (Å²) in [7, 11) is 0. The SMILES string of the molecule is CC1(C2CC2c2ccccc2)CCCN1. The fourth-order valence-corrected chi connectivity index (χ4v) is 3.20. The van der Waals surface area contributed by atoms with E-state index in [1.807, 2.05) is 0 Å². The highest BCUT2D eigenvalue weighted by Gasteiger charge is 2.51. The Labute approximate surface area is 91.9 Å². The van der Waals surface area contributed by atoms with Gasteiger partial charge in [0, 0.05) is 5.54 Å². The van der Waals surface area contributed by atoms with E-state index in [1.54, 1.807) is 0 Å². The van der Waals surface area contributed by atoms with Gasteiger partial charge in [-0.25, -0.2) is 0 Å². The zero-order valence-corrected chi connectivity index (χ0v) is 9.37. The molecule has 1 heterocycles. The van der Waals surface area contributed by atoms with Crippen LogP contribution in [0, 0.1) is 5.92 Å². The van der Waals surface area contributed by atoms with Crippen molar-refractivity contribution >= 4 is 0 Å². The first-order valence-electron chi connectivity index (χ1n) is 6.09. The summed E-state index contributed by atoms with van der Waals surface area (Å²) in [5.74, 6) is 1.70. The number of nitrogens with one attached hydrogen (secondary N) is 1. The summed E-state index contributed by atoms with van der Waals surface area (Å²) in [5, 5.41) is 3.69. The molecular weight excluding hydrogens is 182 g/mol. The molecule has 3 atom stereocenters. The van der Waals surface area contributed by atoms with E-state index in [0.29, 0.717) is 5.54 Å². The van der Waals surface area contributed by atoms with E-state index in [-0.39, 0.29) is 0 Å². The topological polar surface area (TPSA) is 12.0 Å². The van der Waals surface area contributed by atoms with Gasteiger partial charge in [-0.05, 0) is 50.1 Å². The summed E-state index contributed by atoms with van der Waals surface area (Å²) in [6, 6.07) is 11.0. The van der Waals surface area contributed by atoms with E-state index in [9.17, 15) is 0 Å². The molecule has 1 saturated heterocycles. The molecule has 1 aromatic carbocycles. The summed E-state index contributed by atoms with van der Waals surface area (Å²) < 4.78 is 0. The Morgan fingerprint density at radius 1 is 1.27 bits per heavy atom. The molecule has 80 valence electrons. The van der Waals surface area contributed by atoms with Crippen LogP contribution >= 0.6 is 0 Å². The molecule has 1 aliphatic heterocycles. The van der Waals surface area contributed by atoms with Gasteiger partial charge in [0.15, 0.2) is 0 Å². The zero-order valence-electron chi connectivity index (χ0n) is 9.37. The summed E-state index contributed by atoms with van der Waals surface area (Å²) in [6.45, 7) is 3.63. The minimum Gasteiger partial charge on any atom is -0.311 e. The van der Waals surface area contributed by atoms with Crippen molar-refractivity contribution in [3.8, 4) is 0 Å². The quantitative estimate of drug-likeness (QED) is 0.775. The highest BCUT2D eigenvalue weighted by atomic mass is 15.0. The standard InChI is InChI=1S/C14H19N/c1-14(8-5-9-15-14)13-10-12(13)11-6-3-2-4-7-11/h2-4,6-7,12-13,15H,5,8-10H2,1H3. The number of benzene rings is 1. The molecule has 0 spiro atoms. The van der Waals surface area contributed by atoms with Crippen LogP contribution in [0.1, 0.15) is 37.7 Å². The van der Waals surface area contributed by atoms with E-state index < -0.39 is 0 Å². The first kappa shape index (κ1) is 9.41. The van der Waals surface area contributed by atoms with Crippen molar-refractivity contribution in [3.63, 3.8) is 0 Å². The molecule has 0 aromatic heterocycles. The zero-order chi connectivity index (χ0) is 10.3. The molecular formula is C14H19N. The largest absolute Gasteiger partial charge is 0.311 e. The third kappa shape index (κ3) is 1.59. The number of rotatable bonds is 2. The second-order valence-electron chi connectivity index (χ2n) is 5.31. The Kier molecular flexibility index (Phi) is 2.10. The maximum Gasteiger partial charge on any atom is 0.0188 e. The molecule has 15 heavy (non-hydrogen) atoms. The Morgan fingerprint density at radius 3 is 2.73 bits per heavy atom. The fourth-order valence-electron chi connectivity index (χ4n) is 3.20. The van der Waals surface area contributed by atoms with Crippen molar-refractivity contribution in [2.24, 2.45) is 5.92 Å². The lowest BCUT2D eigenvalue weighted by Gasteiger charge is -2.24. The number of hydrogen-bond donors (Lipinski definition) is 1. The Balaban J connectivity index is 1.74. The summed E-state index contributed by atoms with van der Waals surface area (Å²) in [6.07, 6.45) is 4.10. The van der Waals surface area contributed by atoms with Crippen LogP contribution in [0.3, 0.4) is 0 Å². The van der Waals surface area contributed by atoms with Gasteiger partial charge in [0.1, 0.15) is 0 Å². The van der Waals surface area contributed by atoms with Crippen molar-refractivity contribution in [3.05, 3.63) is 35.9 Å². The van der Waals surface area contributed by atoms with Gasteiger partial charge in [-0.15, -0.1) is 0 Å². The smallest absolute Gasteiger partial charge is 0.0188 e. The maximum absolute atomic E-state index is 3.69. The van der Waals surface area contributed by atoms with Crippen LogP contribution in [-0.2, 0) is 0 Å². The first-order chi connectivity index (χ1) is 7.30. The van der Waals surface area contributed by atoms with E-state index >= 15 is 0 Å². The molecule has 1 N–H and O–H groups in total. The summed E-state index contributed by atoms with van der Waals surface area (Å²) >= 11 is 0. The van der Waals surface area contributed by atoms with Crippen LogP contribution in [-0.4, -0.2) is 12.1 Å². The van der Waals surface area contributed by atoms with Crippen molar-refractivity contribution in [1.82, 2.24) is 5.32 Å².